The van der Waals surface area contributed by atoms with Gasteiger partial charge in [0.05, 0.1) is 17.5 Å². The van der Waals surface area contributed by atoms with E-state index in [1.165, 1.54) is 5.56 Å². The van der Waals surface area contributed by atoms with Crippen LogP contribution in [0.25, 0.3) is 21.5 Å². The summed E-state index contributed by atoms with van der Waals surface area (Å²) in [5.74, 6) is 1.38. The van der Waals surface area contributed by atoms with Crippen LogP contribution in [0.2, 0.25) is 0 Å². The highest BCUT2D eigenvalue weighted by atomic mass is 32.1. The van der Waals surface area contributed by atoms with E-state index >= 15 is 0 Å². The van der Waals surface area contributed by atoms with Gasteiger partial charge in [0, 0.05) is 47.7 Å². The molecule has 0 amide bonds. The Morgan fingerprint density at radius 3 is 2.83 bits per heavy atom. The lowest BCUT2D eigenvalue weighted by molar-refractivity contribution is -0.126. The molecule has 3 aromatic heterocycles. The predicted molar refractivity (Wildman–Crippen MR) is 135 cm³/mol. The fourth-order valence-electron chi connectivity index (χ4n) is 5.69. The van der Waals surface area contributed by atoms with Gasteiger partial charge in [0.25, 0.3) is 0 Å². The lowest BCUT2D eigenvalue weighted by Gasteiger charge is -2.49. The van der Waals surface area contributed by atoms with E-state index in [1.54, 1.807) is 13.0 Å². The molecule has 6 nitrogen and oxygen atoms in total. The van der Waals surface area contributed by atoms with Crippen LogP contribution in [0.1, 0.15) is 35.5 Å². The zero-order valence-electron chi connectivity index (χ0n) is 19.9. The number of hydrogen-bond acceptors (Lipinski definition) is 6. The summed E-state index contributed by atoms with van der Waals surface area (Å²) >= 11 is 1.12. The van der Waals surface area contributed by atoms with Gasteiger partial charge in [0.1, 0.15) is 16.5 Å². The Bertz CT molecular complexity index is 1370. The second-order valence-electron chi connectivity index (χ2n) is 10.2. The molecular formula is C26H27F3N6S. The molecule has 1 saturated carbocycles. The van der Waals surface area contributed by atoms with E-state index in [0.29, 0.717) is 16.7 Å². The Hall–Kier alpha value is -2.98. The standard InChI is InChI=1S/C26H27F3N6S/c1-16-32-23(21-10-20(12-26(27,28)29)36-24(21)33-16)35-14-25(15-35)7-5-19(11-25)30-13-17-3-2-4-18(9-17)22-6-8-31-34-22/h2-4,6,8-10,19,30H,5,7,11-15H2,1H3,(H,31,34). The van der Waals surface area contributed by atoms with Gasteiger partial charge in [-0.15, -0.1) is 11.3 Å². The van der Waals surface area contributed by atoms with Gasteiger partial charge in [-0.1, -0.05) is 18.2 Å². The van der Waals surface area contributed by atoms with Crippen molar-refractivity contribution in [3.63, 3.8) is 0 Å². The first-order chi connectivity index (χ1) is 17.3. The molecule has 1 aliphatic heterocycles. The van der Waals surface area contributed by atoms with E-state index in [-0.39, 0.29) is 10.3 Å². The van der Waals surface area contributed by atoms with Crippen molar-refractivity contribution >= 4 is 27.4 Å². The minimum absolute atomic E-state index is 0.241. The molecule has 2 aliphatic rings. The number of H-pyrrole nitrogens is 1. The van der Waals surface area contributed by atoms with Gasteiger partial charge in [-0.3, -0.25) is 5.10 Å². The molecule has 2 fully saturated rings. The highest BCUT2D eigenvalue weighted by molar-refractivity contribution is 7.18. The summed E-state index contributed by atoms with van der Waals surface area (Å²) in [6.07, 6.45) is 0.0429. The normalized spacial score (nSPS) is 19.3. The molecule has 1 unspecified atom stereocenters. The zero-order valence-corrected chi connectivity index (χ0v) is 20.7. The fourth-order valence-corrected chi connectivity index (χ4v) is 6.79. The lowest BCUT2D eigenvalue weighted by Crippen LogP contribution is -2.56. The summed E-state index contributed by atoms with van der Waals surface area (Å²) in [6.45, 7) is 4.38. The van der Waals surface area contributed by atoms with Crippen LogP contribution in [-0.2, 0) is 13.0 Å². The quantitative estimate of drug-likeness (QED) is 0.350. The van der Waals surface area contributed by atoms with Gasteiger partial charge >= 0.3 is 6.18 Å². The molecule has 2 N–H and O–H groups in total. The Balaban J connectivity index is 1.09. The van der Waals surface area contributed by atoms with Crippen LogP contribution in [0.15, 0.2) is 42.6 Å². The average Bonchev–Trinajstić information content (AvgIpc) is 3.55. The first kappa shape index (κ1) is 23.4. The van der Waals surface area contributed by atoms with Crippen molar-refractivity contribution in [1.29, 1.82) is 0 Å². The highest BCUT2D eigenvalue weighted by Crippen LogP contribution is 2.48. The maximum atomic E-state index is 12.9. The molecule has 1 spiro atoms. The number of anilines is 1. The van der Waals surface area contributed by atoms with E-state index in [9.17, 15) is 13.2 Å². The molecule has 0 radical (unpaired) electrons. The molecule has 1 saturated heterocycles. The first-order valence-corrected chi connectivity index (χ1v) is 13.0. The maximum Gasteiger partial charge on any atom is 0.393 e. The number of aryl methyl sites for hydroxylation is 1. The van der Waals surface area contributed by atoms with Gasteiger partial charge in [-0.25, -0.2) is 9.97 Å². The van der Waals surface area contributed by atoms with E-state index in [1.807, 2.05) is 12.3 Å². The molecule has 0 bridgehead atoms. The largest absolute Gasteiger partial charge is 0.393 e. The van der Waals surface area contributed by atoms with E-state index < -0.39 is 12.6 Å². The number of aromatic amines is 1. The number of fused-ring (bicyclic) bond motifs is 1. The van der Waals surface area contributed by atoms with E-state index in [4.69, 9.17) is 0 Å². The van der Waals surface area contributed by atoms with Crippen LogP contribution in [0.5, 0.6) is 0 Å². The number of nitrogens with one attached hydrogen (secondary N) is 2. The molecule has 1 aromatic carbocycles. The number of halogens is 3. The summed E-state index contributed by atoms with van der Waals surface area (Å²) in [6, 6.07) is 12.5. The molecule has 36 heavy (non-hydrogen) atoms. The number of aromatic nitrogens is 4. The topological polar surface area (TPSA) is 69.7 Å². The third-order valence-corrected chi connectivity index (χ3v) is 8.31. The minimum atomic E-state index is -4.23. The van der Waals surface area contributed by atoms with Gasteiger partial charge in [0.2, 0.25) is 0 Å². The molecule has 6 rings (SSSR count). The summed E-state index contributed by atoms with van der Waals surface area (Å²) < 4.78 is 38.8. The lowest BCUT2D eigenvalue weighted by atomic mass is 9.78. The van der Waals surface area contributed by atoms with Crippen molar-refractivity contribution in [3.05, 3.63) is 58.9 Å². The van der Waals surface area contributed by atoms with Gasteiger partial charge < -0.3 is 10.2 Å². The summed E-state index contributed by atoms with van der Waals surface area (Å²) in [7, 11) is 0. The van der Waals surface area contributed by atoms with Crippen molar-refractivity contribution in [2.45, 2.75) is 51.4 Å². The van der Waals surface area contributed by atoms with Crippen molar-refractivity contribution in [2.24, 2.45) is 5.41 Å². The Morgan fingerprint density at radius 1 is 1.19 bits per heavy atom. The molecular weight excluding hydrogens is 485 g/mol. The monoisotopic (exact) mass is 512 g/mol. The molecule has 188 valence electrons. The number of nitrogens with zero attached hydrogens (tertiary/aromatic N) is 4. The molecule has 1 atom stereocenters. The Labute approximate surface area is 211 Å². The predicted octanol–water partition coefficient (Wildman–Crippen LogP) is 5.64. The van der Waals surface area contributed by atoms with Crippen molar-refractivity contribution in [1.82, 2.24) is 25.5 Å². The fraction of sp³-hybridized carbons (Fsp3) is 0.423. The molecule has 4 heterocycles. The second-order valence-corrected chi connectivity index (χ2v) is 11.3. The van der Waals surface area contributed by atoms with Gasteiger partial charge in [0.15, 0.2) is 0 Å². The number of alkyl halides is 3. The zero-order chi connectivity index (χ0) is 24.9. The second kappa shape index (κ2) is 8.85. The molecule has 10 heteroatoms. The number of hydrogen-bond donors (Lipinski definition) is 2. The third kappa shape index (κ3) is 4.71. The minimum Gasteiger partial charge on any atom is -0.355 e. The van der Waals surface area contributed by atoms with Crippen LogP contribution in [-0.4, -0.2) is 45.5 Å². The molecule has 1 aliphatic carbocycles. The van der Waals surface area contributed by atoms with Crippen LogP contribution >= 0.6 is 11.3 Å². The summed E-state index contributed by atoms with van der Waals surface area (Å²) in [5, 5.41) is 11.6. The van der Waals surface area contributed by atoms with E-state index in [0.717, 1.165) is 72.7 Å². The van der Waals surface area contributed by atoms with Crippen LogP contribution in [0.3, 0.4) is 0 Å². The third-order valence-electron chi connectivity index (χ3n) is 7.28. The number of benzene rings is 1. The number of thiophene rings is 1. The molecule has 4 aromatic rings. The SMILES string of the molecule is Cc1nc(N2CC3(CCC(NCc4cccc(-c5cc[nH]n5)c4)C3)C2)c2cc(CC(F)(F)F)sc2n1. The maximum absolute atomic E-state index is 12.9. The smallest absolute Gasteiger partial charge is 0.355 e. The Kier molecular flexibility index (Phi) is 5.75. The van der Waals surface area contributed by atoms with E-state index in [2.05, 4.69) is 54.6 Å². The van der Waals surface area contributed by atoms with Crippen LogP contribution in [0.4, 0.5) is 19.0 Å². The summed E-state index contributed by atoms with van der Waals surface area (Å²) in [5.41, 5.74) is 3.52. The van der Waals surface area contributed by atoms with Gasteiger partial charge in [-0.05, 0) is 49.9 Å². The van der Waals surface area contributed by atoms with Crippen molar-refractivity contribution in [3.8, 4) is 11.3 Å². The Morgan fingerprint density at radius 2 is 2.06 bits per heavy atom. The number of rotatable bonds is 6. The van der Waals surface area contributed by atoms with Crippen molar-refractivity contribution < 1.29 is 13.2 Å². The van der Waals surface area contributed by atoms with Gasteiger partial charge in [-0.2, -0.15) is 18.3 Å². The first-order valence-electron chi connectivity index (χ1n) is 12.2. The van der Waals surface area contributed by atoms with Crippen molar-refractivity contribution in [2.75, 3.05) is 18.0 Å². The highest BCUT2D eigenvalue weighted by Gasteiger charge is 2.48. The average molecular weight is 513 g/mol. The summed E-state index contributed by atoms with van der Waals surface area (Å²) in [4.78, 5) is 12.2. The van der Waals surface area contributed by atoms with Crippen LogP contribution in [0, 0.1) is 12.3 Å². The van der Waals surface area contributed by atoms with Crippen LogP contribution < -0.4 is 10.2 Å².